The fraction of sp³-hybridized carbons (Fsp3) is 0.0377. The third-order valence-corrected chi connectivity index (χ3v) is 12.0. The third-order valence-electron chi connectivity index (χ3n) is 12.0. The average molecular weight is 743 g/mol. The molecule has 0 radical (unpaired) electrons. The molecule has 0 fully saturated rings. The number of rotatable bonds is 4. The summed E-state index contributed by atoms with van der Waals surface area (Å²) in [5, 5.41) is 2.47. The minimum atomic E-state index is -0.540. The number of hydrogen-bond donors (Lipinski definition) is 0. The highest BCUT2D eigenvalue weighted by atomic mass is 16.5. The first-order valence-corrected chi connectivity index (χ1v) is 19.7. The first-order valence-electron chi connectivity index (χ1n) is 19.7. The highest BCUT2D eigenvalue weighted by Crippen LogP contribution is 2.62. The van der Waals surface area contributed by atoms with Gasteiger partial charge in [0.15, 0.2) is 17.5 Å². The Balaban J connectivity index is 1.06. The molecule has 5 heteroatoms. The Kier molecular flexibility index (Phi) is 6.99. The lowest BCUT2D eigenvalue weighted by atomic mass is 9.66. The molecule has 0 amide bonds. The SMILES string of the molecule is Cc1ccc2c(c1)c1ccccc1n2-c1cccc(-c2nc(-c3ccccc3)nc(-c3ccc4c(c3)-c3ccccc3C43c4ccccc4Oc4ccccc43)n2)c1. The van der Waals surface area contributed by atoms with Crippen molar-refractivity contribution in [2.45, 2.75) is 12.3 Å². The molecule has 2 aromatic heterocycles. The second kappa shape index (κ2) is 12.4. The zero-order valence-corrected chi connectivity index (χ0v) is 31.6. The van der Waals surface area contributed by atoms with Crippen LogP contribution in [0.25, 0.3) is 72.8 Å². The van der Waals surface area contributed by atoms with Crippen LogP contribution in [0, 0.1) is 6.92 Å². The van der Waals surface area contributed by atoms with Crippen molar-refractivity contribution in [1.82, 2.24) is 19.5 Å². The van der Waals surface area contributed by atoms with Gasteiger partial charge in [-0.2, -0.15) is 0 Å². The molecule has 8 aromatic carbocycles. The zero-order chi connectivity index (χ0) is 38.4. The Hall–Kier alpha value is -7.63. The largest absolute Gasteiger partial charge is 0.457 e. The molecule has 0 N–H and O–H groups in total. The van der Waals surface area contributed by atoms with Gasteiger partial charge >= 0.3 is 0 Å². The third kappa shape index (κ3) is 4.68. The minimum absolute atomic E-state index is 0.540. The molecule has 10 aromatic rings. The molecule has 0 saturated heterocycles. The van der Waals surface area contributed by atoms with E-state index in [4.69, 9.17) is 19.7 Å². The molecule has 1 aliphatic carbocycles. The Bertz CT molecular complexity index is 3250. The summed E-state index contributed by atoms with van der Waals surface area (Å²) in [4.78, 5) is 15.6. The number of nitrogens with zero attached hydrogens (tertiary/aromatic N) is 4. The van der Waals surface area contributed by atoms with Crippen molar-refractivity contribution in [3.05, 3.63) is 216 Å². The van der Waals surface area contributed by atoms with E-state index in [-0.39, 0.29) is 0 Å². The molecule has 2 aliphatic rings. The Labute approximate surface area is 335 Å². The van der Waals surface area contributed by atoms with Gasteiger partial charge in [0.2, 0.25) is 0 Å². The zero-order valence-electron chi connectivity index (χ0n) is 31.6. The van der Waals surface area contributed by atoms with Crippen molar-refractivity contribution in [2.24, 2.45) is 0 Å². The molecule has 0 bridgehead atoms. The van der Waals surface area contributed by atoms with E-state index >= 15 is 0 Å². The summed E-state index contributed by atoms with van der Waals surface area (Å²) in [6.45, 7) is 2.15. The summed E-state index contributed by atoms with van der Waals surface area (Å²) in [5.74, 6) is 3.62. The number of benzene rings is 8. The second-order valence-electron chi connectivity index (χ2n) is 15.2. The lowest BCUT2D eigenvalue weighted by Gasteiger charge is -2.39. The van der Waals surface area contributed by atoms with E-state index < -0.39 is 5.41 Å². The lowest BCUT2D eigenvalue weighted by Crippen LogP contribution is -2.32. The second-order valence-corrected chi connectivity index (χ2v) is 15.2. The number of para-hydroxylation sites is 3. The number of hydrogen-bond acceptors (Lipinski definition) is 4. The Morgan fingerprint density at radius 2 is 1.00 bits per heavy atom. The molecule has 3 heterocycles. The molecule has 0 saturated carbocycles. The molecule has 12 rings (SSSR count). The quantitative estimate of drug-likeness (QED) is 0.180. The summed E-state index contributed by atoms with van der Waals surface area (Å²) in [6.07, 6.45) is 0. The molecule has 272 valence electrons. The standard InChI is InChI=1S/C53H34N4O/c1-33-26-29-47-41(30-33)39-19-6-10-23-46(39)57(47)37-17-13-16-35(31-37)51-54-50(34-14-3-2-4-15-34)55-52(56-51)36-27-28-43-40(32-36)38-18-5-7-20-42(38)53(43)44-21-8-11-24-48(44)58-49-25-12-9-22-45(49)53/h2-32H,1H3. The Morgan fingerprint density at radius 1 is 0.414 bits per heavy atom. The van der Waals surface area contributed by atoms with Gasteiger partial charge in [0.1, 0.15) is 11.5 Å². The molecular weight excluding hydrogens is 709 g/mol. The van der Waals surface area contributed by atoms with Crippen LogP contribution in [0.15, 0.2) is 188 Å². The number of aromatic nitrogens is 4. The fourth-order valence-electron chi connectivity index (χ4n) is 9.50. The van der Waals surface area contributed by atoms with Gasteiger partial charge in [0.25, 0.3) is 0 Å². The summed E-state index contributed by atoms with van der Waals surface area (Å²) < 4.78 is 8.89. The van der Waals surface area contributed by atoms with E-state index in [1.54, 1.807) is 0 Å². The first-order chi connectivity index (χ1) is 28.6. The van der Waals surface area contributed by atoms with Crippen LogP contribution < -0.4 is 4.74 Å². The van der Waals surface area contributed by atoms with Crippen LogP contribution in [0.3, 0.4) is 0 Å². The van der Waals surface area contributed by atoms with Crippen LogP contribution in [0.1, 0.15) is 27.8 Å². The van der Waals surface area contributed by atoms with Gasteiger partial charge in [-0.15, -0.1) is 0 Å². The van der Waals surface area contributed by atoms with Gasteiger partial charge in [0, 0.05) is 44.3 Å². The number of fused-ring (bicyclic) bond motifs is 12. The van der Waals surface area contributed by atoms with Gasteiger partial charge < -0.3 is 9.30 Å². The predicted molar refractivity (Wildman–Crippen MR) is 233 cm³/mol. The van der Waals surface area contributed by atoms with Crippen LogP contribution in [0.5, 0.6) is 11.5 Å². The van der Waals surface area contributed by atoms with Gasteiger partial charge in [-0.3, -0.25) is 0 Å². The molecule has 58 heavy (non-hydrogen) atoms. The molecule has 0 unspecified atom stereocenters. The van der Waals surface area contributed by atoms with Crippen molar-refractivity contribution in [3.63, 3.8) is 0 Å². The topological polar surface area (TPSA) is 52.8 Å². The van der Waals surface area contributed by atoms with Crippen molar-refractivity contribution in [2.75, 3.05) is 0 Å². The highest BCUT2D eigenvalue weighted by Gasteiger charge is 2.51. The lowest BCUT2D eigenvalue weighted by molar-refractivity contribution is 0.436. The van der Waals surface area contributed by atoms with Gasteiger partial charge in [-0.1, -0.05) is 145 Å². The Morgan fingerprint density at radius 3 is 1.78 bits per heavy atom. The van der Waals surface area contributed by atoms with Gasteiger partial charge in [0.05, 0.1) is 16.4 Å². The summed E-state index contributed by atoms with van der Waals surface area (Å²) in [7, 11) is 0. The van der Waals surface area contributed by atoms with E-state index in [1.165, 1.54) is 33.0 Å². The molecule has 5 nitrogen and oxygen atoms in total. The van der Waals surface area contributed by atoms with Gasteiger partial charge in [-0.05, 0) is 77.7 Å². The monoisotopic (exact) mass is 742 g/mol. The van der Waals surface area contributed by atoms with E-state index in [9.17, 15) is 0 Å². The molecular formula is C53H34N4O. The van der Waals surface area contributed by atoms with E-state index in [0.29, 0.717) is 17.5 Å². The average Bonchev–Trinajstić information content (AvgIpc) is 3.77. The van der Waals surface area contributed by atoms with Crippen molar-refractivity contribution in [1.29, 1.82) is 0 Å². The van der Waals surface area contributed by atoms with Crippen LogP contribution in [0.4, 0.5) is 0 Å². The van der Waals surface area contributed by atoms with Crippen molar-refractivity contribution in [3.8, 4) is 62.5 Å². The molecule has 1 spiro atoms. The van der Waals surface area contributed by atoms with Crippen molar-refractivity contribution >= 4 is 21.8 Å². The minimum Gasteiger partial charge on any atom is -0.457 e. The number of ether oxygens (including phenoxy) is 1. The molecule has 0 atom stereocenters. The number of aryl methyl sites for hydroxylation is 1. The van der Waals surface area contributed by atoms with Crippen LogP contribution in [-0.4, -0.2) is 19.5 Å². The van der Waals surface area contributed by atoms with Crippen LogP contribution >= 0.6 is 0 Å². The summed E-state index contributed by atoms with van der Waals surface area (Å²) >= 11 is 0. The maximum Gasteiger partial charge on any atom is 0.164 e. The maximum absolute atomic E-state index is 6.55. The fourth-order valence-corrected chi connectivity index (χ4v) is 9.50. The maximum atomic E-state index is 6.55. The van der Waals surface area contributed by atoms with Crippen molar-refractivity contribution < 1.29 is 4.74 Å². The smallest absolute Gasteiger partial charge is 0.164 e. The normalized spacial score (nSPS) is 13.2. The summed E-state index contributed by atoms with van der Waals surface area (Å²) in [6, 6.07) is 66.5. The first kappa shape index (κ1) is 32.6. The summed E-state index contributed by atoms with van der Waals surface area (Å²) in [5.41, 5.74) is 13.9. The van der Waals surface area contributed by atoms with E-state index in [0.717, 1.165) is 61.6 Å². The van der Waals surface area contributed by atoms with E-state index in [2.05, 4.69) is 169 Å². The van der Waals surface area contributed by atoms with Crippen LogP contribution in [0.2, 0.25) is 0 Å². The van der Waals surface area contributed by atoms with E-state index in [1.807, 2.05) is 30.3 Å². The molecule has 1 aliphatic heterocycles. The van der Waals surface area contributed by atoms with Crippen LogP contribution in [-0.2, 0) is 5.41 Å². The predicted octanol–water partition coefficient (Wildman–Crippen LogP) is 12.7. The highest BCUT2D eigenvalue weighted by molar-refractivity contribution is 6.09. The van der Waals surface area contributed by atoms with Gasteiger partial charge in [-0.25, -0.2) is 15.0 Å².